The van der Waals surface area contributed by atoms with Crippen LogP contribution in [0.25, 0.3) is 0 Å². The molecule has 0 radical (unpaired) electrons. The van der Waals surface area contributed by atoms with E-state index in [0.29, 0.717) is 6.54 Å². The lowest BCUT2D eigenvalue weighted by Gasteiger charge is -2.35. The van der Waals surface area contributed by atoms with Crippen LogP contribution in [0, 0.1) is 0 Å². The second-order valence-corrected chi connectivity index (χ2v) is 7.41. The molecule has 5 heteroatoms. The van der Waals surface area contributed by atoms with E-state index >= 15 is 0 Å². The van der Waals surface area contributed by atoms with Gasteiger partial charge in [-0.05, 0) is 55.4 Å². The summed E-state index contributed by atoms with van der Waals surface area (Å²) in [6, 6.07) is 18.5. The molecule has 28 heavy (non-hydrogen) atoms. The van der Waals surface area contributed by atoms with Gasteiger partial charge in [-0.25, -0.2) is 4.79 Å². The van der Waals surface area contributed by atoms with E-state index in [-0.39, 0.29) is 18.0 Å². The average Bonchev–Trinajstić information content (AvgIpc) is 2.69. The fraction of sp³-hybridized carbons (Fsp3) is 0.391. The molecule has 1 saturated heterocycles. The fourth-order valence-electron chi connectivity index (χ4n) is 3.77. The molecule has 5 nitrogen and oxygen atoms in total. The second-order valence-electron chi connectivity index (χ2n) is 7.41. The van der Waals surface area contributed by atoms with Crippen molar-refractivity contribution in [2.24, 2.45) is 0 Å². The molecule has 2 aromatic rings. The molecule has 3 rings (SSSR count). The Morgan fingerprint density at radius 3 is 2.61 bits per heavy atom. The molecule has 1 unspecified atom stereocenters. The highest BCUT2D eigenvalue weighted by Gasteiger charge is 2.26. The maximum Gasteiger partial charge on any atom is 0.322 e. The maximum absolute atomic E-state index is 12.9. The van der Waals surface area contributed by atoms with E-state index in [1.54, 1.807) is 0 Å². The Kier molecular flexibility index (Phi) is 7.06. The van der Waals surface area contributed by atoms with Crippen LogP contribution in [-0.2, 0) is 11.2 Å². The molecule has 3 amide bonds. The zero-order valence-electron chi connectivity index (χ0n) is 16.5. The summed E-state index contributed by atoms with van der Waals surface area (Å²) in [5.41, 5.74) is 3.24. The number of piperidine rings is 1. The monoisotopic (exact) mass is 379 g/mol. The molecule has 1 heterocycles. The van der Waals surface area contributed by atoms with Crippen molar-refractivity contribution in [3.05, 3.63) is 65.7 Å². The highest BCUT2D eigenvalue weighted by molar-refractivity contribution is 5.89. The molecule has 1 atom stereocenters. The lowest BCUT2D eigenvalue weighted by atomic mass is 9.99. The van der Waals surface area contributed by atoms with Crippen LogP contribution >= 0.6 is 0 Å². The van der Waals surface area contributed by atoms with Crippen molar-refractivity contribution in [2.45, 2.75) is 45.1 Å². The number of benzene rings is 2. The second kappa shape index (κ2) is 9.93. The minimum absolute atomic E-state index is 0.0259. The number of likely N-dealkylation sites (tertiary alicyclic amines) is 1. The first-order chi connectivity index (χ1) is 13.6. The Labute approximate surface area is 167 Å². The lowest BCUT2D eigenvalue weighted by Crippen LogP contribution is -2.47. The molecule has 0 aromatic heterocycles. The number of rotatable bonds is 6. The van der Waals surface area contributed by atoms with Gasteiger partial charge in [-0.1, -0.05) is 42.5 Å². The standard InChI is InChI=1S/C23H29N3O2/c1-18(27)24-14-13-22-12-5-6-15-26(22)23(28)25-21-11-7-10-20(17-21)16-19-8-3-2-4-9-19/h2-4,7-11,17,22H,5-6,12-16H2,1H3,(H,24,27)(H,25,28). The van der Waals surface area contributed by atoms with E-state index in [1.165, 1.54) is 18.1 Å². The zero-order chi connectivity index (χ0) is 19.8. The normalized spacial score (nSPS) is 16.5. The van der Waals surface area contributed by atoms with Crippen molar-refractivity contribution >= 4 is 17.6 Å². The first-order valence-corrected chi connectivity index (χ1v) is 10.1. The summed E-state index contributed by atoms with van der Waals surface area (Å²) in [5.74, 6) is -0.0259. The van der Waals surface area contributed by atoms with Crippen molar-refractivity contribution in [2.75, 3.05) is 18.4 Å². The van der Waals surface area contributed by atoms with E-state index in [9.17, 15) is 9.59 Å². The van der Waals surface area contributed by atoms with Gasteiger partial charge in [0, 0.05) is 31.7 Å². The van der Waals surface area contributed by atoms with E-state index in [2.05, 4.69) is 28.8 Å². The van der Waals surface area contributed by atoms with Gasteiger partial charge in [-0.15, -0.1) is 0 Å². The van der Waals surface area contributed by atoms with Crippen LogP contribution in [0.2, 0.25) is 0 Å². The van der Waals surface area contributed by atoms with Crippen molar-refractivity contribution in [1.29, 1.82) is 0 Å². The minimum Gasteiger partial charge on any atom is -0.356 e. The van der Waals surface area contributed by atoms with Crippen molar-refractivity contribution in [1.82, 2.24) is 10.2 Å². The number of nitrogens with zero attached hydrogens (tertiary/aromatic N) is 1. The molecule has 0 bridgehead atoms. The molecular weight excluding hydrogens is 350 g/mol. The van der Waals surface area contributed by atoms with Gasteiger partial charge in [-0.3, -0.25) is 4.79 Å². The van der Waals surface area contributed by atoms with Gasteiger partial charge in [0.15, 0.2) is 0 Å². The summed E-state index contributed by atoms with van der Waals surface area (Å²) in [5, 5.41) is 5.90. The molecule has 0 spiro atoms. The Hall–Kier alpha value is -2.82. The molecular formula is C23H29N3O2. The first kappa shape index (κ1) is 19.9. The van der Waals surface area contributed by atoms with E-state index in [0.717, 1.165) is 44.3 Å². The number of amides is 3. The van der Waals surface area contributed by atoms with E-state index < -0.39 is 0 Å². The molecule has 0 aliphatic carbocycles. The van der Waals surface area contributed by atoms with Gasteiger partial charge in [-0.2, -0.15) is 0 Å². The molecule has 2 N–H and O–H groups in total. The Balaban J connectivity index is 1.61. The highest BCUT2D eigenvalue weighted by atomic mass is 16.2. The molecule has 1 aliphatic rings. The summed E-state index contributed by atoms with van der Waals surface area (Å²) < 4.78 is 0. The van der Waals surface area contributed by atoms with Gasteiger partial charge in [0.05, 0.1) is 0 Å². The van der Waals surface area contributed by atoms with E-state index in [1.807, 2.05) is 41.3 Å². The first-order valence-electron chi connectivity index (χ1n) is 10.1. The van der Waals surface area contributed by atoms with Crippen LogP contribution < -0.4 is 10.6 Å². The molecule has 1 aliphatic heterocycles. The summed E-state index contributed by atoms with van der Waals surface area (Å²) in [7, 11) is 0. The highest BCUT2D eigenvalue weighted by Crippen LogP contribution is 2.21. The summed E-state index contributed by atoms with van der Waals surface area (Å²) in [6.45, 7) is 2.89. The van der Waals surface area contributed by atoms with Crippen molar-refractivity contribution in [3.8, 4) is 0 Å². The molecule has 1 fully saturated rings. The van der Waals surface area contributed by atoms with Crippen molar-refractivity contribution < 1.29 is 9.59 Å². The minimum atomic E-state index is -0.0515. The Bertz CT molecular complexity index is 791. The van der Waals surface area contributed by atoms with Gasteiger partial charge < -0.3 is 15.5 Å². The molecule has 0 saturated carbocycles. The average molecular weight is 380 g/mol. The quantitative estimate of drug-likeness (QED) is 0.790. The lowest BCUT2D eigenvalue weighted by molar-refractivity contribution is -0.119. The third-order valence-corrected chi connectivity index (χ3v) is 5.17. The summed E-state index contributed by atoms with van der Waals surface area (Å²) in [4.78, 5) is 25.9. The number of carbonyl (C=O) groups excluding carboxylic acids is 2. The third-order valence-electron chi connectivity index (χ3n) is 5.17. The predicted octanol–water partition coefficient (Wildman–Crippen LogP) is 4.19. The van der Waals surface area contributed by atoms with Gasteiger partial charge in [0.25, 0.3) is 0 Å². The summed E-state index contributed by atoms with van der Waals surface area (Å²) >= 11 is 0. The van der Waals surface area contributed by atoms with Crippen LogP contribution in [0.1, 0.15) is 43.7 Å². The number of urea groups is 1. The number of nitrogens with one attached hydrogen (secondary N) is 2. The van der Waals surface area contributed by atoms with Crippen LogP contribution in [0.3, 0.4) is 0 Å². The number of hydrogen-bond donors (Lipinski definition) is 2. The van der Waals surface area contributed by atoms with Crippen LogP contribution in [-0.4, -0.2) is 36.0 Å². The number of carbonyl (C=O) groups is 2. The fourth-order valence-corrected chi connectivity index (χ4v) is 3.77. The SMILES string of the molecule is CC(=O)NCCC1CCCCN1C(=O)Nc1cccc(Cc2ccccc2)c1. The van der Waals surface area contributed by atoms with Gasteiger partial charge in [0.1, 0.15) is 0 Å². The molecule has 2 aromatic carbocycles. The van der Waals surface area contributed by atoms with Gasteiger partial charge >= 0.3 is 6.03 Å². The Morgan fingerprint density at radius 1 is 1.04 bits per heavy atom. The number of hydrogen-bond acceptors (Lipinski definition) is 2. The maximum atomic E-state index is 12.9. The van der Waals surface area contributed by atoms with E-state index in [4.69, 9.17) is 0 Å². The molecule has 148 valence electrons. The van der Waals surface area contributed by atoms with Crippen LogP contribution in [0.15, 0.2) is 54.6 Å². The smallest absolute Gasteiger partial charge is 0.322 e. The Morgan fingerprint density at radius 2 is 1.82 bits per heavy atom. The largest absolute Gasteiger partial charge is 0.356 e. The van der Waals surface area contributed by atoms with Crippen LogP contribution in [0.4, 0.5) is 10.5 Å². The topological polar surface area (TPSA) is 61.4 Å². The van der Waals surface area contributed by atoms with Crippen LogP contribution in [0.5, 0.6) is 0 Å². The third kappa shape index (κ3) is 5.84. The predicted molar refractivity (Wildman–Crippen MR) is 112 cm³/mol. The zero-order valence-corrected chi connectivity index (χ0v) is 16.5. The number of anilines is 1. The van der Waals surface area contributed by atoms with Crippen molar-refractivity contribution in [3.63, 3.8) is 0 Å². The summed E-state index contributed by atoms with van der Waals surface area (Å²) in [6.07, 6.45) is 4.77. The van der Waals surface area contributed by atoms with Gasteiger partial charge in [0.2, 0.25) is 5.91 Å².